The second kappa shape index (κ2) is 4.99. The number of halogens is 1. The Labute approximate surface area is 145 Å². The van der Waals surface area contributed by atoms with E-state index >= 15 is 0 Å². The van der Waals surface area contributed by atoms with Crippen molar-refractivity contribution in [3.63, 3.8) is 0 Å². The average molecular weight is 339 g/mol. The van der Waals surface area contributed by atoms with E-state index in [1.54, 1.807) is 0 Å². The molecule has 2 nitrogen and oxygen atoms in total. The molecule has 0 amide bonds. The molecular weight excluding hydrogens is 308 g/mol. The highest BCUT2D eigenvalue weighted by molar-refractivity contribution is 6.30. The fraction of sp³-hybridized carbons (Fsp3) is 0.900. The van der Waals surface area contributed by atoms with E-state index in [0.717, 1.165) is 43.1 Å². The zero-order valence-corrected chi connectivity index (χ0v) is 15.5. The smallest absolute Gasteiger partial charge is 0.0895 e. The Kier molecular flexibility index (Phi) is 3.56. The molecule has 0 spiro atoms. The molecule has 7 unspecified atom stereocenters. The summed E-state index contributed by atoms with van der Waals surface area (Å²) in [6, 6.07) is 0. The largest absolute Gasteiger partial charge is 0.390 e. The van der Waals surface area contributed by atoms with Gasteiger partial charge in [-0.15, -0.1) is 0 Å². The summed E-state index contributed by atoms with van der Waals surface area (Å²) in [6.45, 7) is 6.81. The molecule has 130 valence electrons. The van der Waals surface area contributed by atoms with Gasteiger partial charge in [0.05, 0.1) is 11.7 Å². The molecule has 0 bridgehead atoms. The van der Waals surface area contributed by atoms with Gasteiger partial charge in [0.1, 0.15) is 0 Å². The van der Waals surface area contributed by atoms with E-state index < -0.39 is 11.7 Å². The third-order valence-electron chi connectivity index (χ3n) is 8.75. The van der Waals surface area contributed by atoms with Gasteiger partial charge in [0.15, 0.2) is 0 Å². The Bertz CT molecular complexity index is 554. The fourth-order valence-corrected chi connectivity index (χ4v) is 7.46. The first-order valence-electron chi connectivity index (χ1n) is 9.50. The van der Waals surface area contributed by atoms with Crippen LogP contribution in [0.4, 0.5) is 0 Å². The summed E-state index contributed by atoms with van der Waals surface area (Å²) >= 11 is 6.54. The monoisotopic (exact) mass is 338 g/mol. The summed E-state index contributed by atoms with van der Waals surface area (Å²) in [5.41, 5.74) is 1.12. The van der Waals surface area contributed by atoms with E-state index in [2.05, 4.69) is 20.8 Å². The third kappa shape index (κ3) is 2.01. The number of rotatable bonds is 0. The summed E-state index contributed by atoms with van der Waals surface area (Å²) in [6.07, 6.45) is 8.15. The van der Waals surface area contributed by atoms with Gasteiger partial charge in [0.2, 0.25) is 0 Å². The summed E-state index contributed by atoms with van der Waals surface area (Å²) in [5, 5.41) is 21.9. The predicted octanol–water partition coefficient (Wildman–Crippen LogP) is 4.63. The maximum Gasteiger partial charge on any atom is 0.0895 e. The van der Waals surface area contributed by atoms with Crippen molar-refractivity contribution in [3.05, 3.63) is 10.6 Å². The highest BCUT2D eigenvalue weighted by Crippen LogP contribution is 2.68. The lowest BCUT2D eigenvalue weighted by atomic mass is 9.46. The summed E-state index contributed by atoms with van der Waals surface area (Å²) in [5.74, 6) is 2.05. The van der Waals surface area contributed by atoms with Crippen molar-refractivity contribution in [3.8, 4) is 0 Å². The van der Waals surface area contributed by atoms with Gasteiger partial charge in [-0.25, -0.2) is 0 Å². The first-order chi connectivity index (χ1) is 10.7. The molecule has 0 aromatic rings. The molecule has 3 fully saturated rings. The van der Waals surface area contributed by atoms with Gasteiger partial charge in [-0.2, -0.15) is 0 Å². The van der Waals surface area contributed by atoms with Crippen molar-refractivity contribution >= 4 is 11.6 Å². The highest BCUT2D eigenvalue weighted by atomic mass is 35.5. The van der Waals surface area contributed by atoms with Crippen LogP contribution >= 0.6 is 11.6 Å². The molecule has 0 aliphatic heterocycles. The van der Waals surface area contributed by atoms with Crippen molar-refractivity contribution in [2.24, 2.45) is 28.6 Å². The first-order valence-corrected chi connectivity index (χ1v) is 9.88. The molecule has 4 rings (SSSR count). The normalized spacial score (nSPS) is 56.1. The molecule has 0 radical (unpaired) electrons. The molecule has 0 heterocycles. The second-order valence-electron chi connectivity index (χ2n) is 9.48. The van der Waals surface area contributed by atoms with Crippen LogP contribution in [0.3, 0.4) is 0 Å². The molecule has 3 heteroatoms. The van der Waals surface area contributed by atoms with Crippen molar-refractivity contribution in [2.45, 2.75) is 83.8 Å². The van der Waals surface area contributed by atoms with Gasteiger partial charge in [0.25, 0.3) is 0 Å². The molecule has 3 saturated carbocycles. The Balaban J connectivity index is 1.71. The fourth-order valence-electron chi connectivity index (χ4n) is 7.04. The molecule has 7 atom stereocenters. The van der Waals surface area contributed by atoms with Crippen LogP contribution in [0.15, 0.2) is 10.6 Å². The average Bonchev–Trinajstić information content (AvgIpc) is 2.74. The van der Waals surface area contributed by atoms with E-state index in [0.29, 0.717) is 11.8 Å². The molecule has 0 aromatic carbocycles. The topological polar surface area (TPSA) is 40.5 Å². The Morgan fingerprint density at radius 2 is 1.65 bits per heavy atom. The summed E-state index contributed by atoms with van der Waals surface area (Å²) in [4.78, 5) is 0. The predicted molar refractivity (Wildman–Crippen MR) is 93.1 cm³/mol. The van der Waals surface area contributed by atoms with Gasteiger partial charge in [-0.1, -0.05) is 25.4 Å². The van der Waals surface area contributed by atoms with E-state index in [9.17, 15) is 10.2 Å². The van der Waals surface area contributed by atoms with Crippen LogP contribution in [-0.4, -0.2) is 21.9 Å². The lowest BCUT2D eigenvalue weighted by Gasteiger charge is -2.59. The minimum atomic E-state index is -0.500. The zero-order chi connectivity index (χ0) is 16.6. The first kappa shape index (κ1) is 16.4. The molecule has 4 aliphatic carbocycles. The number of allylic oxidation sites excluding steroid dienone is 1. The lowest BCUT2D eigenvalue weighted by molar-refractivity contribution is -0.119. The van der Waals surface area contributed by atoms with E-state index in [4.69, 9.17) is 11.6 Å². The molecule has 2 N–H and O–H groups in total. The summed E-state index contributed by atoms with van der Waals surface area (Å²) < 4.78 is 0. The number of aliphatic hydroxyl groups is 2. The van der Waals surface area contributed by atoms with Gasteiger partial charge >= 0.3 is 0 Å². The van der Waals surface area contributed by atoms with Crippen molar-refractivity contribution in [2.75, 3.05) is 0 Å². The number of hydrogen-bond acceptors (Lipinski definition) is 2. The van der Waals surface area contributed by atoms with Gasteiger partial charge in [-0.05, 0) is 92.4 Å². The van der Waals surface area contributed by atoms with Crippen molar-refractivity contribution < 1.29 is 10.2 Å². The van der Waals surface area contributed by atoms with Crippen LogP contribution in [-0.2, 0) is 0 Å². The molecular formula is C20H31ClO2. The number of hydrogen-bond donors (Lipinski definition) is 2. The van der Waals surface area contributed by atoms with Crippen molar-refractivity contribution in [1.82, 2.24) is 0 Å². The SMILES string of the molecule is CC12CCC(O)C(Cl)=C1CCC1C2CCC2(C)C1CCC2(C)O. The molecule has 23 heavy (non-hydrogen) atoms. The van der Waals surface area contributed by atoms with E-state index in [1.807, 2.05) is 0 Å². The number of fused-ring (bicyclic) bond motifs is 5. The molecule has 4 aliphatic rings. The third-order valence-corrected chi connectivity index (χ3v) is 9.23. The maximum atomic E-state index is 10.9. The lowest BCUT2D eigenvalue weighted by Crippen LogP contribution is -2.54. The summed E-state index contributed by atoms with van der Waals surface area (Å²) in [7, 11) is 0. The van der Waals surface area contributed by atoms with Gasteiger partial charge in [0, 0.05) is 5.03 Å². The van der Waals surface area contributed by atoms with Crippen LogP contribution in [0.25, 0.3) is 0 Å². The van der Waals surface area contributed by atoms with Crippen LogP contribution in [0, 0.1) is 28.6 Å². The minimum Gasteiger partial charge on any atom is -0.390 e. The minimum absolute atomic E-state index is 0.0870. The van der Waals surface area contributed by atoms with Gasteiger partial charge in [-0.3, -0.25) is 0 Å². The van der Waals surface area contributed by atoms with Crippen LogP contribution in [0.5, 0.6) is 0 Å². The van der Waals surface area contributed by atoms with E-state index in [-0.39, 0.29) is 10.8 Å². The maximum absolute atomic E-state index is 10.9. The molecule has 0 saturated heterocycles. The quantitative estimate of drug-likeness (QED) is 0.676. The van der Waals surface area contributed by atoms with Crippen LogP contribution in [0.1, 0.15) is 72.1 Å². The number of aliphatic hydroxyl groups excluding tert-OH is 1. The molecule has 0 aromatic heterocycles. The van der Waals surface area contributed by atoms with E-state index in [1.165, 1.54) is 24.8 Å². The zero-order valence-electron chi connectivity index (χ0n) is 14.7. The second-order valence-corrected chi connectivity index (χ2v) is 9.89. The Hall–Kier alpha value is -0.0500. The standard InChI is InChI=1S/C20H31ClO2/c1-18-9-8-16(22)17(21)15(18)5-4-12-13(18)6-10-19(2)14(12)7-11-20(19,3)23/h12-14,16,22-23H,4-11H2,1-3H3. The Morgan fingerprint density at radius 3 is 2.39 bits per heavy atom. The Morgan fingerprint density at radius 1 is 0.957 bits per heavy atom. The van der Waals surface area contributed by atoms with Gasteiger partial charge < -0.3 is 10.2 Å². The van der Waals surface area contributed by atoms with Crippen LogP contribution in [0.2, 0.25) is 0 Å². The van der Waals surface area contributed by atoms with Crippen molar-refractivity contribution in [1.29, 1.82) is 0 Å². The highest BCUT2D eigenvalue weighted by Gasteiger charge is 2.62. The van der Waals surface area contributed by atoms with Crippen LogP contribution < -0.4 is 0 Å².